The number of methoxy groups -OCH3 is 1. The summed E-state index contributed by atoms with van der Waals surface area (Å²) in [6.45, 7) is 14.9. The highest BCUT2D eigenvalue weighted by atomic mass is 16.7. The van der Waals surface area contributed by atoms with Crippen molar-refractivity contribution >= 4 is 5.97 Å². The van der Waals surface area contributed by atoms with Crippen LogP contribution in [0.15, 0.2) is 47.6 Å². The lowest BCUT2D eigenvalue weighted by molar-refractivity contribution is -0.319. The second-order valence-electron chi connectivity index (χ2n) is 14.6. The highest BCUT2D eigenvalue weighted by Crippen LogP contribution is 2.40. The van der Waals surface area contributed by atoms with Gasteiger partial charge in [0, 0.05) is 43.3 Å². The molecule has 0 aliphatic carbocycles. The smallest absolute Gasteiger partial charge is 0.331 e. The fourth-order valence-corrected chi connectivity index (χ4v) is 7.27. The van der Waals surface area contributed by atoms with Gasteiger partial charge in [-0.05, 0) is 46.6 Å². The fourth-order valence-electron chi connectivity index (χ4n) is 7.27. The van der Waals surface area contributed by atoms with E-state index in [-0.39, 0.29) is 31.2 Å². The zero-order chi connectivity index (χ0) is 35.8. The van der Waals surface area contributed by atoms with Gasteiger partial charge >= 0.3 is 5.97 Å². The van der Waals surface area contributed by atoms with Gasteiger partial charge in [0.15, 0.2) is 5.79 Å². The Labute approximate surface area is 287 Å². The van der Waals surface area contributed by atoms with Gasteiger partial charge in [-0.25, -0.2) is 4.79 Å². The lowest BCUT2D eigenvalue weighted by Crippen LogP contribution is -2.57. The van der Waals surface area contributed by atoms with Crippen LogP contribution in [0.4, 0.5) is 0 Å². The van der Waals surface area contributed by atoms with Crippen molar-refractivity contribution in [2.45, 2.75) is 148 Å². The van der Waals surface area contributed by atoms with E-state index in [1.54, 1.807) is 32.9 Å². The lowest BCUT2D eigenvalue weighted by atomic mass is 9.77. The number of unbranched alkanes of at least 4 members (excludes halogenated alkanes) is 2. The Balaban J connectivity index is 1.98. The summed E-state index contributed by atoms with van der Waals surface area (Å²) < 4.78 is 30.1. The monoisotopic (exact) mass is 678 g/mol. The zero-order valence-corrected chi connectivity index (χ0v) is 30.5. The van der Waals surface area contributed by atoms with Gasteiger partial charge in [0.25, 0.3) is 0 Å². The Bertz CT molecular complexity index is 1150. The van der Waals surface area contributed by atoms with E-state index in [0.717, 1.165) is 31.3 Å². The summed E-state index contributed by atoms with van der Waals surface area (Å²) in [6.07, 6.45) is 9.64. The summed E-state index contributed by atoms with van der Waals surface area (Å²) >= 11 is 0. The molecule has 10 nitrogen and oxygen atoms in total. The van der Waals surface area contributed by atoms with Gasteiger partial charge in [-0.2, -0.15) is 0 Å². The van der Waals surface area contributed by atoms with Crippen molar-refractivity contribution in [3.63, 3.8) is 0 Å². The quantitative estimate of drug-likeness (QED) is 0.191. The van der Waals surface area contributed by atoms with E-state index in [0.29, 0.717) is 12.0 Å². The molecule has 3 rings (SSSR count). The number of hydrogen-bond acceptors (Lipinski definition) is 10. The molecule has 3 heterocycles. The van der Waals surface area contributed by atoms with Crippen molar-refractivity contribution in [2.75, 3.05) is 13.9 Å². The van der Waals surface area contributed by atoms with Gasteiger partial charge in [0.05, 0.1) is 30.5 Å². The van der Waals surface area contributed by atoms with Crippen molar-refractivity contribution < 1.29 is 48.9 Å². The first-order valence-electron chi connectivity index (χ1n) is 17.7. The molecule has 13 atom stereocenters. The number of aliphatic hydroxyl groups excluding tert-OH is 3. The maximum absolute atomic E-state index is 13.3. The zero-order valence-electron chi connectivity index (χ0n) is 30.5. The molecule has 0 amide bonds. The van der Waals surface area contributed by atoms with E-state index in [9.17, 15) is 25.2 Å². The van der Waals surface area contributed by atoms with E-state index >= 15 is 0 Å². The molecule has 48 heavy (non-hydrogen) atoms. The molecule has 0 aromatic rings. The molecule has 0 aromatic heterocycles. The van der Waals surface area contributed by atoms with Crippen LogP contribution in [0.25, 0.3) is 0 Å². The van der Waals surface area contributed by atoms with Crippen LogP contribution in [0, 0.1) is 23.7 Å². The average molecular weight is 679 g/mol. The normalized spacial score (nSPS) is 42.6. The van der Waals surface area contributed by atoms with E-state index in [2.05, 4.69) is 6.92 Å². The summed E-state index contributed by atoms with van der Waals surface area (Å²) in [6, 6.07) is 0. The van der Waals surface area contributed by atoms with E-state index < -0.39 is 65.8 Å². The Morgan fingerprint density at radius 2 is 1.83 bits per heavy atom. The lowest BCUT2D eigenvalue weighted by Gasteiger charge is -2.47. The summed E-state index contributed by atoms with van der Waals surface area (Å²) in [5.41, 5.74) is 0.648. The largest absolute Gasteiger partial charge is 0.456 e. The SMILES string of the molecule is CCCCC[C@@H]1OCO[C@@]2(C)/C=C(C)\C=C/C(=O)O[C@H]([C@@H](C)[C@@H](O)[C@H](C)[C@@]3(O)C[C@@H](O)[C@H](C)[C@@H](C)O3)[C@@H](OC)/C=C\C=C(\C)C[C@H]1[C@@H]2O. The molecule has 0 aromatic carbocycles. The fraction of sp³-hybridized carbons (Fsp3) is 0.763. The first-order valence-corrected chi connectivity index (χ1v) is 17.7. The van der Waals surface area contributed by atoms with Gasteiger partial charge in [0.2, 0.25) is 0 Å². The van der Waals surface area contributed by atoms with Crippen LogP contribution < -0.4 is 0 Å². The van der Waals surface area contributed by atoms with Crippen LogP contribution in [0.2, 0.25) is 0 Å². The van der Waals surface area contributed by atoms with E-state index in [1.165, 1.54) is 13.2 Å². The number of hydrogen-bond donors (Lipinski definition) is 4. The summed E-state index contributed by atoms with van der Waals surface area (Å²) in [5, 5.41) is 45.5. The predicted octanol–water partition coefficient (Wildman–Crippen LogP) is 5.14. The number of carbonyl (C=O) groups excluding carboxylic acids is 1. The van der Waals surface area contributed by atoms with Gasteiger partial charge in [-0.15, -0.1) is 0 Å². The minimum Gasteiger partial charge on any atom is -0.456 e. The standard InChI is InChI=1S/C38H62O10/c1-10-11-12-15-31-29-19-23(2)14-13-16-32(44-9)35(26(5)34(41)27(6)38(43)21-30(39)25(4)28(7)48-38)47-33(40)18-17-24(3)20-37(8,36(29)42)46-22-45-31/h13-14,16-18,20,25-32,34-36,39,41-43H,10-12,15,19,21-22H2,1-9H3/b16-13-,18-17-,23-14-,24-20-/t25-,26+,27+,28-,29-,30-,31+,32+,34-,35-,36+,37+,38-/m1/s1. The van der Waals surface area contributed by atoms with Gasteiger partial charge in [-0.3, -0.25) is 0 Å². The molecule has 2 fully saturated rings. The van der Waals surface area contributed by atoms with Crippen LogP contribution in [0.1, 0.15) is 93.9 Å². The number of allylic oxidation sites excluding steroid dienone is 5. The number of esters is 1. The third-order valence-electron chi connectivity index (χ3n) is 10.8. The molecule has 4 N–H and O–H groups in total. The van der Waals surface area contributed by atoms with Crippen molar-refractivity contribution in [3.05, 3.63) is 47.6 Å². The van der Waals surface area contributed by atoms with Crippen LogP contribution in [-0.2, 0) is 28.5 Å². The molecule has 0 radical (unpaired) electrons. The van der Waals surface area contributed by atoms with Gasteiger partial charge in [0.1, 0.15) is 24.6 Å². The molecule has 2 bridgehead atoms. The van der Waals surface area contributed by atoms with E-state index in [4.69, 9.17) is 23.7 Å². The van der Waals surface area contributed by atoms with Crippen LogP contribution >= 0.6 is 0 Å². The highest BCUT2D eigenvalue weighted by molar-refractivity contribution is 5.82. The third-order valence-corrected chi connectivity index (χ3v) is 10.8. The molecular weight excluding hydrogens is 616 g/mol. The highest BCUT2D eigenvalue weighted by Gasteiger charge is 2.50. The molecule has 0 saturated carbocycles. The average Bonchev–Trinajstić information content (AvgIpc) is 3.14. The third kappa shape index (κ3) is 10.1. The topological polar surface area (TPSA) is 144 Å². The molecule has 3 aliphatic rings. The first-order chi connectivity index (χ1) is 22.6. The second-order valence-corrected chi connectivity index (χ2v) is 14.6. The number of cyclic esters (lactones) is 1. The van der Waals surface area contributed by atoms with Crippen molar-refractivity contribution in [1.82, 2.24) is 0 Å². The Kier molecular flexibility index (Phi) is 15.1. The molecule has 10 heteroatoms. The van der Waals surface area contributed by atoms with Crippen molar-refractivity contribution in [2.24, 2.45) is 23.7 Å². The molecular formula is C38H62O10. The van der Waals surface area contributed by atoms with Crippen molar-refractivity contribution in [3.8, 4) is 0 Å². The van der Waals surface area contributed by atoms with Crippen LogP contribution in [0.5, 0.6) is 0 Å². The molecule has 0 unspecified atom stereocenters. The minimum atomic E-state index is -1.78. The number of carbonyl (C=O) groups is 1. The summed E-state index contributed by atoms with van der Waals surface area (Å²) in [4.78, 5) is 13.3. The minimum absolute atomic E-state index is 0.0476. The number of fused-ring (bicyclic) bond motifs is 2. The number of ether oxygens (including phenoxy) is 5. The number of rotatable bonds is 9. The van der Waals surface area contributed by atoms with Gasteiger partial charge in [-0.1, -0.05) is 82.4 Å². The molecule has 0 spiro atoms. The van der Waals surface area contributed by atoms with E-state index in [1.807, 2.05) is 45.9 Å². The summed E-state index contributed by atoms with van der Waals surface area (Å²) in [5.74, 6) is -4.37. The Morgan fingerprint density at radius 1 is 1.12 bits per heavy atom. The van der Waals surface area contributed by atoms with Crippen molar-refractivity contribution in [1.29, 1.82) is 0 Å². The second kappa shape index (κ2) is 17.9. The van der Waals surface area contributed by atoms with Crippen LogP contribution in [0.3, 0.4) is 0 Å². The summed E-state index contributed by atoms with van der Waals surface area (Å²) in [7, 11) is 1.51. The maximum atomic E-state index is 13.3. The molecule has 2 saturated heterocycles. The van der Waals surface area contributed by atoms with Gasteiger partial charge < -0.3 is 44.1 Å². The molecule has 274 valence electrons. The van der Waals surface area contributed by atoms with Crippen LogP contribution in [-0.4, -0.2) is 94.4 Å². The predicted molar refractivity (Wildman–Crippen MR) is 184 cm³/mol. The first kappa shape index (κ1) is 40.5. The maximum Gasteiger partial charge on any atom is 0.331 e. The Morgan fingerprint density at radius 3 is 2.48 bits per heavy atom. The molecule has 3 aliphatic heterocycles. The number of aliphatic hydroxyl groups is 4. The Hall–Kier alpha value is -1.89.